The lowest BCUT2D eigenvalue weighted by molar-refractivity contribution is -0.116. The predicted molar refractivity (Wildman–Crippen MR) is 130 cm³/mol. The van der Waals surface area contributed by atoms with E-state index in [9.17, 15) is 9.59 Å². The molecule has 0 radical (unpaired) electrons. The van der Waals surface area contributed by atoms with E-state index < -0.39 is 0 Å². The van der Waals surface area contributed by atoms with E-state index >= 15 is 0 Å². The molecule has 0 aliphatic rings. The molecule has 0 saturated carbocycles. The first kappa shape index (κ1) is 24.0. The van der Waals surface area contributed by atoms with Crippen LogP contribution in [0.4, 0.5) is 11.4 Å². The maximum Gasteiger partial charge on any atom is 0.237 e. The molecule has 2 rings (SSSR count). The first-order valence-corrected chi connectivity index (χ1v) is 11.6. The monoisotopic (exact) mass is 426 g/mol. The van der Waals surface area contributed by atoms with Gasteiger partial charge in [-0.1, -0.05) is 43.7 Å². The first-order chi connectivity index (χ1) is 14.2. The van der Waals surface area contributed by atoms with Crippen molar-refractivity contribution in [2.45, 2.75) is 65.6 Å². The molecule has 0 aliphatic heterocycles. The van der Waals surface area contributed by atoms with Gasteiger partial charge < -0.3 is 10.6 Å². The Morgan fingerprint density at radius 3 is 2.10 bits per heavy atom. The third kappa shape index (κ3) is 7.21. The predicted octanol–water partition coefficient (Wildman–Crippen LogP) is 6.21. The third-order valence-corrected chi connectivity index (χ3v) is 6.31. The summed E-state index contributed by atoms with van der Waals surface area (Å²) in [4.78, 5) is 24.7. The quantitative estimate of drug-likeness (QED) is 0.468. The molecule has 0 saturated heterocycles. The number of hydrogen-bond donors (Lipinski definition) is 2. The van der Waals surface area contributed by atoms with Crippen LogP contribution in [0.1, 0.15) is 61.8 Å². The number of amides is 2. The van der Waals surface area contributed by atoms with Gasteiger partial charge in [0.25, 0.3) is 0 Å². The zero-order valence-corrected chi connectivity index (χ0v) is 19.8. The lowest BCUT2D eigenvalue weighted by Gasteiger charge is -2.14. The van der Waals surface area contributed by atoms with Gasteiger partial charge in [-0.05, 0) is 74.6 Å². The van der Waals surface area contributed by atoms with Gasteiger partial charge in [0.05, 0.1) is 5.25 Å². The maximum absolute atomic E-state index is 12.4. The molecular formula is C25H34N2O2S. The van der Waals surface area contributed by atoms with Gasteiger partial charge in [0.1, 0.15) is 0 Å². The largest absolute Gasteiger partial charge is 0.326 e. The molecule has 0 aliphatic carbocycles. The second kappa shape index (κ2) is 11.2. The van der Waals surface area contributed by atoms with E-state index in [1.807, 2.05) is 45.0 Å². The molecule has 2 N–H and O–H groups in total. The summed E-state index contributed by atoms with van der Waals surface area (Å²) >= 11 is 1.58. The van der Waals surface area contributed by atoms with Crippen LogP contribution in [0.15, 0.2) is 36.4 Å². The average molecular weight is 427 g/mol. The summed E-state index contributed by atoms with van der Waals surface area (Å²) in [5, 5.41) is 5.84. The van der Waals surface area contributed by atoms with Gasteiger partial charge in [-0.2, -0.15) is 0 Å². The highest BCUT2D eigenvalue weighted by Crippen LogP contribution is 2.23. The number of anilines is 2. The topological polar surface area (TPSA) is 58.2 Å². The number of benzene rings is 2. The van der Waals surface area contributed by atoms with E-state index in [4.69, 9.17) is 0 Å². The molecule has 4 nitrogen and oxygen atoms in total. The molecule has 2 aromatic rings. The van der Waals surface area contributed by atoms with Crippen molar-refractivity contribution >= 4 is 35.0 Å². The van der Waals surface area contributed by atoms with E-state index in [1.54, 1.807) is 11.8 Å². The molecule has 30 heavy (non-hydrogen) atoms. The normalized spacial score (nSPS) is 12.0. The maximum atomic E-state index is 12.4. The smallest absolute Gasteiger partial charge is 0.237 e. The second-order valence-corrected chi connectivity index (χ2v) is 9.65. The minimum absolute atomic E-state index is 0.00680. The lowest BCUT2D eigenvalue weighted by Crippen LogP contribution is -2.23. The van der Waals surface area contributed by atoms with Crippen molar-refractivity contribution in [2.75, 3.05) is 16.4 Å². The minimum atomic E-state index is -0.167. The van der Waals surface area contributed by atoms with E-state index in [0.717, 1.165) is 34.7 Å². The number of nitrogens with one attached hydrogen (secondary N) is 2. The van der Waals surface area contributed by atoms with Crippen LogP contribution in [0.5, 0.6) is 0 Å². The van der Waals surface area contributed by atoms with Gasteiger partial charge in [0.15, 0.2) is 0 Å². The van der Waals surface area contributed by atoms with Crippen LogP contribution in [0.2, 0.25) is 0 Å². The number of thioether (sulfide) groups is 1. The third-order valence-electron chi connectivity index (χ3n) is 5.07. The van der Waals surface area contributed by atoms with Crippen LogP contribution in [-0.2, 0) is 9.59 Å². The van der Waals surface area contributed by atoms with Crippen molar-refractivity contribution in [2.24, 2.45) is 0 Å². The fraction of sp³-hybridized carbons (Fsp3) is 0.440. The van der Waals surface area contributed by atoms with Crippen molar-refractivity contribution in [3.8, 4) is 0 Å². The van der Waals surface area contributed by atoms with Crippen LogP contribution >= 0.6 is 11.8 Å². The highest BCUT2D eigenvalue weighted by molar-refractivity contribution is 8.00. The van der Waals surface area contributed by atoms with Crippen molar-refractivity contribution in [1.29, 1.82) is 0 Å². The van der Waals surface area contributed by atoms with Gasteiger partial charge in [0.2, 0.25) is 11.8 Å². The van der Waals surface area contributed by atoms with Crippen molar-refractivity contribution in [3.05, 3.63) is 58.7 Å². The van der Waals surface area contributed by atoms with Gasteiger partial charge in [0, 0.05) is 17.8 Å². The van der Waals surface area contributed by atoms with E-state index in [1.165, 1.54) is 11.1 Å². The molecule has 0 spiro atoms. The molecule has 0 bridgehead atoms. The fourth-order valence-electron chi connectivity index (χ4n) is 3.34. The zero-order chi connectivity index (χ0) is 22.3. The lowest BCUT2D eigenvalue weighted by atomic mass is 10.0. The highest BCUT2D eigenvalue weighted by Gasteiger charge is 2.14. The Kier molecular flexibility index (Phi) is 8.97. The van der Waals surface area contributed by atoms with Gasteiger partial charge in [-0.3, -0.25) is 9.59 Å². The number of carbonyl (C=O) groups excluding carboxylic acids is 2. The van der Waals surface area contributed by atoms with Gasteiger partial charge >= 0.3 is 0 Å². The second-order valence-electron chi connectivity index (χ2n) is 8.20. The van der Waals surface area contributed by atoms with Gasteiger partial charge in [-0.25, -0.2) is 0 Å². The van der Waals surface area contributed by atoms with Gasteiger partial charge in [-0.15, -0.1) is 11.8 Å². The van der Waals surface area contributed by atoms with Crippen LogP contribution in [0.3, 0.4) is 0 Å². The molecular weight excluding hydrogens is 392 g/mol. The molecule has 0 fully saturated rings. The summed E-state index contributed by atoms with van der Waals surface area (Å²) in [6, 6.07) is 12.2. The SMILES string of the molecule is Cc1cc(C)c(NC(=O)CCCS[C@@H](C)C(=O)Nc2ccc(C(C)C)cc2)c(C)c1. The summed E-state index contributed by atoms with van der Waals surface area (Å²) in [5.41, 5.74) is 6.35. The Morgan fingerprint density at radius 2 is 1.53 bits per heavy atom. The van der Waals surface area contributed by atoms with Crippen LogP contribution in [-0.4, -0.2) is 22.8 Å². The minimum Gasteiger partial charge on any atom is -0.326 e. The van der Waals surface area contributed by atoms with E-state index in [0.29, 0.717) is 12.3 Å². The molecule has 0 heterocycles. The van der Waals surface area contributed by atoms with Crippen LogP contribution in [0.25, 0.3) is 0 Å². The highest BCUT2D eigenvalue weighted by atomic mass is 32.2. The summed E-state index contributed by atoms with van der Waals surface area (Å²) in [6.45, 7) is 12.3. The molecule has 2 amide bonds. The van der Waals surface area contributed by atoms with Crippen LogP contribution in [0, 0.1) is 20.8 Å². The molecule has 162 valence electrons. The Hall–Kier alpha value is -2.27. The molecule has 1 atom stereocenters. The molecule has 5 heteroatoms. The van der Waals surface area contributed by atoms with E-state index in [2.05, 4.69) is 43.5 Å². The Balaban J connectivity index is 1.73. The number of rotatable bonds is 9. The van der Waals surface area contributed by atoms with E-state index in [-0.39, 0.29) is 17.1 Å². The Labute approximate surface area is 185 Å². The first-order valence-electron chi connectivity index (χ1n) is 10.6. The van der Waals surface area contributed by atoms with Crippen molar-refractivity contribution in [3.63, 3.8) is 0 Å². The molecule has 0 aromatic heterocycles. The fourth-order valence-corrected chi connectivity index (χ4v) is 4.22. The average Bonchev–Trinajstić information content (AvgIpc) is 2.68. The summed E-state index contributed by atoms with van der Waals surface area (Å²) in [7, 11) is 0. The standard InChI is InChI=1S/C25H34N2O2S/c1-16(2)21-9-11-22(12-10-21)26-25(29)20(6)30-13-7-8-23(28)27-24-18(4)14-17(3)15-19(24)5/h9-12,14-16,20H,7-8,13H2,1-6H3,(H,26,29)(H,27,28)/t20-/m0/s1. The number of hydrogen-bond acceptors (Lipinski definition) is 3. The Bertz CT molecular complexity index is 852. The number of carbonyl (C=O) groups is 2. The zero-order valence-electron chi connectivity index (χ0n) is 19.0. The molecule has 2 aromatic carbocycles. The van der Waals surface area contributed by atoms with Crippen molar-refractivity contribution < 1.29 is 9.59 Å². The van der Waals surface area contributed by atoms with Crippen molar-refractivity contribution in [1.82, 2.24) is 0 Å². The van der Waals surface area contributed by atoms with Crippen LogP contribution < -0.4 is 10.6 Å². The Morgan fingerprint density at radius 1 is 0.933 bits per heavy atom. The summed E-state index contributed by atoms with van der Waals surface area (Å²) in [5.74, 6) is 1.25. The summed E-state index contributed by atoms with van der Waals surface area (Å²) < 4.78 is 0. The number of aryl methyl sites for hydroxylation is 3. The summed E-state index contributed by atoms with van der Waals surface area (Å²) in [6.07, 6.45) is 1.19. The molecule has 0 unspecified atom stereocenters.